The number of para-hydroxylation sites is 1. The van der Waals surface area contributed by atoms with Crippen LogP contribution in [0.4, 0.5) is 11.4 Å². The van der Waals surface area contributed by atoms with Gasteiger partial charge in [0.25, 0.3) is 5.91 Å². The SMILES string of the molecule is CC[C@H](C)c1ccccc1O[C@@H](C)C(=O)Nc1ccc(N)cc1. The van der Waals surface area contributed by atoms with Crippen molar-refractivity contribution in [3.63, 3.8) is 0 Å². The van der Waals surface area contributed by atoms with Crippen LogP contribution in [0.5, 0.6) is 5.75 Å². The average Bonchev–Trinajstić information content (AvgIpc) is 2.56. The maximum atomic E-state index is 12.3. The molecule has 2 aromatic carbocycles. The van der Waals surface area contributed by atoms with Crippen LogP contribution in [-0.2, 0) is 4.79 Å². The molecule has 2 aromatic rings. The Morgan fingerprint density at radius 3 is 2.43 bits per heavy atom. The Morgan fingerprint density at radius 2 is 1.78 bits per heavy atom. The monoisotopic (exact) mass is 312 g/mol. The molecule has 0 aliphatic carbocycles. The van der Waals surface area contributed by atoms with Gasteiger partial charge in [-0.3, -0.25) is 4.79 Å². The first-order valence-corrected chi connectivity index (χ1v) is 7.93. The Morgan fingerprint density at radius 1 is 1.13 bits per heavy atom. The van der Waals surface area contributed by atoms with Crippen LogP contribution in [0.1, 0.15) is 38.7 Å². The number of anilines is 2. The van der Waals surface area contributed by atoms with E-state index < -0.39 is 6.10 Å². The third-order valence-electron chi connectivity index (χ3n) is 3.91. The van der Waals surface area contributed by atoms with Crippen LogP contribution in [0, 0.1) is 0 Å². The van der Waals surface area contributed by atoms with Crippen molar-refractivity contribution in [3.8, 4) is 5.75 Å². The first kappa shape index (κ1) is 16.9. The maximum Gasteiger partial charge on any atom is 0.265 e. The molecule has 4 heteroatoms. The van der Waals surface area contributed by atoms with E-state index in [0.29, 0.717) is 17.3 Å². The predicted molar refractivity (Wildman–Crippen MR) is 94.7 cm³/mol. The van der Waals surface area contributed by atoms with E-state index in [2.05, 4.69) is 19.2 Å². The number of benzene rings is 2. The molecule has 23 heavy (non-hydrogen) atoms. The van der Waals surface area contributed by atoms with Crippen LogP contribution in [0.25, 0.3) is 0 Å². The van der Waals surface area contributed by atoms with Crippen molar-refractivity contribution in [1.29, 1.82) is 0 Å². The number of carbonyl (C=O) groups is 1. The van der Waals surface area contributed by atoms with E-state index in [0.717, 1.165) is 17.7 Å². The van der Waals surface area contributed by atoms with E-state index in [9.17, 15) is 4.79 Å². The van der Waals surface area contributed by atoms with E-state index >= 15 is 0 Å². The van der Waals surface area contributed by atoms with Crippen LogP contribution in [0.2, 0.25) is 0 Å². The minimum atomic E-state index is -0.585. The van der Waals surface area contributed by atoms with E-state index in [-0.39, 0.29) is 5.91 Å². The first-order valence-electron chi connectivity index (χ1n) is 7.93. The van der Waals surface area contributed by atoms with Crippen LogP contribution in [-0.4, -0.2) is 12.0 Å². The summed E-state index contributed by atoms with van der Waals surface area (Å²) in [4.78, 5) is 12.3. The van der Waals surface area contributed by atoms with E-state index in [1.54, 1.807) is 31.2 Å². The molecule has 1 amide bonds. The van der Waals surface area contributed by atoms with Gasteiger partial charge in [0.2, 0.25) is 0 Å². The van der Waals surface area contributed by atoms with E-state index in [1.807, 2.05) is 24.3 Å². The van der Waals surface area contributed by atoms with Crippen LogP contribution in [0.15, 0.2) is 48.5 Å². The van der Waals surface area contributed by atoms with Crippen molar-refractivity contribution < 1.29 is 9.53 Å². The Balaban J connectivity index is 2.05. The number of nitrogen functional groups attached to an aromatic ring is 1. The molecule has 0 aliphatic heterocycles. The van der Waals surface area contributed by atoms with Crippen molar-refractivity contribution in [2.24, 2.45) is 0 Å². The van der Waals surface area contributed by atoms with Crippen molar-refractivity contribution >= 4 is 17.3 Å². The lowest BCUT2D eigenvalue weighted by atomic mass is 9.98. The highest BCUT2D eigenvalue weighted by molar-refractivity contribution is 5.94. The van der Waals surface area contributed by atoms with Gasteiger partial charge < -0.3 is 15.8 Å². The Hall–Kier alpha value is -2.49. The van der Waals surface area contributed by atoms with Crippen molar-refractivity contribution in [2.45, 2.75) is 39.2 Å². The average molecular weight is 312 g/mol. The molecule has 0 unspecified atom stereocenters. The minimum Gasteiger partial charge on any atom is -0.481 e. The van der Waals surface area contributed by atoms with Crippen LogP contribution < -0.4 is 15.8 Å². The molecule has 2 rings (SSSR count). The topological polar surface area (TPSA) is 64.3 Å². The number of carbonyl (C=O) groups excluding carboxylic acids is 1. The molecule has 0 fully saturated rings. The van der Waals surface area contributed by atoms with Gasteiger partial charge in [0.15, 0.2) is 6.10 Å². The number of ether oxygens (including phenoxy) is 1. The summed E-state index contributed by atoms with van der Waals surface area (Å²) in [6.07, 6.45) is 0.435. The normalized spacial score (nSPS) is 13.2. The smallest absolute Gasteiger partial charge is 0.265 e. The number of nitrogens with two attached hydrogens (primary N) is 1. The fourth-order valence-electron chi connectivity index (χ4n) is 2.27. The molecular formula is C19H24N2O2. The second-order valence-electron chi connectivity index (χ2n) is 5.72. The lowest BCUT2D eigenvalue weighted by molar-refractivity contribution is -0.122. The molecule has 0 radical (unpaired) electrons. The number of rotatable bonds is 6. The molecule has 0 aromatic heterocycles. The molecule has 2 atom stereocenters. The lowest BCUT2D eigenvalue weighted by Crippen LogP contribution is -2.30. The Labute approximate surface area is 137 Å². The van der Waals surface area contributed by atoms with E-state index in [4.69, 9.17) is 10.5 Å². The van der Waals surface area contributed by atoms with Gasteiger partial charge >= 0.3 is 0 Å². The zero-order valence-electron chi connectivity index (χ0n) is 13.9. The Bertz CT molecular complexity index is 653. The zero-order valence-corrected chi connectivity index (χ0v) is 13.9. The summed E-state index contributed by atoms with van der Waals surface area (Å²) >= 11 is 0. The van der Waals surface area contributed by atoms with Crippen molar-refractivity contribution in [2.75, 3.05) is 11.1 Å². The highest BCUT2D eigenvalue weighted by Gasteiger charge is 2.18. The molecule has 0 heterocycles. The summed E-state index contributed by atoms with van der Waals surface area (Å²) in [7, 11) is 0. The molecule has 0 saturated carbocycles. The summed E-state index contributed by atoms with van der Waals surface area (Å²) in [5.74, 6) is 0.967. The van der Waals surface area contributed by atoms with Gasteiger partial charge in [0, 0.05) is 11.4 Å². The molecule has 0 aliphatic rings. The number of nitrogens with one attached hydrogen (secondary N) is 1. The number of amides is 1. The second kappa shape index (κ2) is 7.68. The van der Waals surface area contributed by atoms with Gasteiger partial charge in [-0.1, -0.05) is 32.0 Å². The fraction of sp³-hybridized carbons (Fsp3) is 0.316. The highest BCUT2D eigenvalue weighted by atomic mass is 16.5. The van der Waals surface area contributed by atoms with Gasteiger partial charge in [0.1, 0.15) is 5.75 Å². The summed E-state index contributed by atoms with van der Waals surface area (Å²) in [5.41, 5.74) is 8.13. The van der Waals surface area contributed by atoms with Crippen LogP contribution >= 0.6 is 0 Å². The third kappa shape index (κ3) is 4.49. The van der Waals surface area contributed by atoms with Gasteiger partial charge in [0.05, 0.1) is 0 Å². The van der Waals surface area contributed by atoms with Crippen molar-refractivity contribution in [1.82, 2.24) is 0 Å². The summed E-state index contributed by atoms with van der Waals surface area (Å²) in [6, 6.07) is 14.9. The van der Waals surface area contributed by atoms with Gasteiger partial charge in [-0.25, -0.2) is 0 Å². The number of hydrogen-bond donors (Lipinski definition) is 2. The molecule has 3 N–H and O–H groups in total. The Kier molecular flexibility index (Phi) is 5.63. The minimum absolute atomic E-state index is 0.186. The molecular weight excluding hydrogens is 288 g/mol. The molecule has 0 bridgehead atoms. The molecule has 0 saturated heterocycles. The lowest BCUT2D eigenvalue weighted by Gasteiger charge is -2.19. The largest absolute Gasteiger partial charge is 0.481 e. The molecule has 122 valence electrons. The third-order valence-corrected chi connectivity index (χ3v) is 3.91. The van der Waals surface area contributed by atoms with Crippen molar-refractivity contribution in [3.05, 3.63) is 54.1 Å². The van der Waals surface area contributed by atoms with E-state index in [1.165, 1.54) is 0 Å². The summed E-state index contributed by atoms with van der Waals surface area (Å²) in [5, 5.41) is 2.83. The maximum absolute atomic E-state index is 12.3. The highest BCUT2D eigenvalue weighted by Crippen LogP contribution is 2.29. The summed E-state index contributed by atoms with van der Waals surface area (Å²) < 4.78 is 5.89. The number of hydrogen-bond acceptors (Lipinski definition) is 3. The predicted octanol–water partition coefficient (Wildman–Crippen LogP) is 4.19. The fourth-order valence-corrected chi connectivity index (χ4v) is 2.27. The quantitative estimate of drug-likeness (QED) is 0.786. The van der Waals surface area contributed by atoms with Gasteiger partial charge in [-0.2, -0.15) is 0 Å². The second-order valence-corrected chi connectivity index (χ2v) is 5.72. The zero-order chi connectivity index (χ0) is 16.8. The molecule has 4 nitrogen and oxygen atoms in total. The first-order chi connectivity index (χ1) is 11.0. The standard InChI is InChI=1S/C19H24N2O2/c1-4-13(2)17-7-5-6-8-18(17)23-14(3)19(22)21-16-11-9-15(20)10-12-16/h5-14H,4,20H2,1-3H3,(H,21,22)/t13-,14-/m0/s1. The van der Waals surface area contributed by atoms with Gasteiger partial charge in [-0.05, 0) is 55.2 Å². The summed E-state index contributed by atoms with van der Waals surface area (Å²) in [6.45, 7) is 6.04. The van der Waals surface area contributed by atoms with Gasteiger partial charge in [-0.15, -0.1) is 0 Å². The van der Waals surface area contributed by atoms with Crippen LogP contribution in [0.3, 0.4) is 0 Å². The molecule has 0 spiro atoms.